The SMILES string of the molecule is CCn1c2ccccc2c2cc(OC=O)ccc21. The molecular weight excluding hydrogens is 226 g/mol. The number of rotatable bonds is 3. The number of para-hydroxylation sites is 1. The summed E-state index contributed by atoms with van der Waals surface area (Å²) in [5.41, 5.74) is 2.37. The van der Waals surface area contributed by atoms with Crippen molar-refractivity contribution >= 4 is 28.3 Å². The number of ether oxygens (including phenoxy) is 1. The Morgan fingerprint density at radius 3 is 2.67 bits per heavy atom. The van der Waals surface area contributed by atoms with Crippen LogP contribution in [0.5, 0.6) is 5.75 Å². The first-order chi connectivity index (χ1) is 8.85. The molecule has 0 saturated heterocycles. The van der Waals surface area contributed by atoms with E-state index in [1.807, 2.05) is 30.3 Å². The molecule has 90 valence electrons. The van der Waals surface area contributed by atoms with Crippen LogP contribution >= 0.6 is 0 Å². The van der Waals surface area contributed by atoms with E-state index in [1.54, 1.807) is 0 Å². The van der Waals surface area contributed by atoms with E-state index in [4.69, 9.17) is 4.74 Å². The Bertz CT molecular complexity index is 728. The number of aryl methyl sites for hydroxylation is 1. The maximum atomic E-state index is 10.4. The standard InChI is InChI=1S/C15H13NO2/c1-2-16-14-6-4-3-5-12(14)13-9-11(18-10-17)7-8-15(13)16/h3-10H,2H2,1H3. The van der Waals surface area contributed by atoms with Gasteiger partial charge in [0.2, 0.25) is 0 Å². The molecule has 2 aromatic carbocycles. The van der Waals surface area contributed by atoms with Crippen molar-refractivity contribution in [1.82, 2.24) is 4.57 Å². The Labute approximate surface area is 105 Å². The summed E-state index contributed by atoms with van der Waals surface area (Å²) in [4.78, 5) is 10.4. The smallest absolute Gasteiger partial charge is 0.298 e. The van der Waals surface area contributed by atoms with Gasteiger partial charge in [-0.3, -0.25) is 4.79 Å². The maximum absolute atomic E-state index is 10.4. The van der Waals surface area contributed by atoms with Gasteiger partial charge in [0, 0.05) is 28.4 Å². The third-order valence-electron chi connectivity index (χ3n) is 3.24. The number of nitrogens with zero attached hydrogens (tertiary/aromatic N) is 1. The van der Waals surface area contributed by atoms with Crippen molar-refractivity contribution in [2.24, 2.45) is 0 Å². The Hall–Kier alpha value is -2.29. The molecule has 0 spiro atoms. The van der Waals surface area contributed by atoms with Crippen LogP contribution in [-0.2, 0) is 11.3 Å². The molecule has 0 radical (unpaired) electrons. The predicted molar refractivity (Wildman–Crippen MR) is 71.8 cm³/mol. The minimum Gasteiger partial charge on any atom is -0.429 e. The Balaban J connectivity index is 2.40. The second kappa shape index (κ2) is 4.18. The second-order valence-corrected chi connectivity index (χ2v) is 4.15. The highest BCUT2D eigenvalue weighted by molar-refractivity contribution is 6.08. The molecule has 0 saturated carbocycles. The van der Waals surface area contributed by atoms with Gasteiger partial charge < -0.3 is 9.30 Å². The van der Waals surface area contributed by atoms with Crippen molar-refractivity contribution in [3.8, 4) is 5.75 Å². The van der Waals surface area contributed by atoms with E-state index in [-0.39, 0.29) is 0 Å². The molecule has 3 heteroatoms. The fourth-order valence-electron chi connectivity index (χ4n) is 2.50. The summed E-state index contributed by atoms with van der Waals surface area (Å²) in [7, 11) is 0. The van der Waals surface area contributed by atoms with Crippen LogP contribution in [0.4, 0.5) is 0 Å². The summed E-state index contributed by atoms with van der Waals surface area (Å²) in [6.07, 6.45) is 0. The van der Waals surface area contributed by atoms with Crippen molar-refractivity contribution in [2.75, 3.05) is 0 Å². The van der Waals surface area contributed by atoms with Crippen LogP contribution in [0.15, 0.2) is 42.5 Å². The summed E-state index contributed by atoms with van der Waals surface area (Å²) in [6.45, 7) is 3.50. The van der Waals surface area contributed by atoms with Crippen LogP contribution < -0.4 is 4.74 Å². The lowest BCUT2D eigenvalue weighted by molar-refractivity contribution is -0.120. The number of hydrogen-bond donors (Lipinski definition) is 0. The summed E-state index contributed by atoms with van der Waals surface area (Å²) >= 11 is 0. The Morgan fingerprint density at radius 1 is 1.11 bits per heavy atom. The molecule has 0 N–H and O–H groups in total. The molecule has 3 aromatic rings. The molecule has 0 bridgehead atoms. The van der Waals surface area contributed by atoms with Crippen molar-refractivity contribution in [1.29, 1.82) is 0 Å². The molecule has 18 heavy (non-hydrogen) atoms. The summed E-state index contributed by atoms with van der Waals surface area (Å²) in [6, 6.07) is 14.0. The van der Waals surface area contributed by atoms with E-state index in [0.29, 0.717) is 12.2 Å². The minimum absolute atomic E-state index is 0.459. The molecule has 0 aliphatic carbocycles. The second-order valence-electron chi connectivity index (χ2n) is 4.15. The third-order valence-corrected chi connectivity index (χ3v) is 3.24. The summed E-state index contributed by atoms with van der Waals surface area (Å²) in [5.74, 6) is 0.580. The summed E-state index contributed by atoms with van der Waals surface area (Å²) in [5, 5.41) is 2.30. The first-order valence-corrected chi connectivity index (χ1v) is 5.96. The van der Waals surface area contributed by atoms with Crippen LogP contribution in [0, 0.1) is 0 Å². The maximum Gasteiger partial charge on any atom is 0.298 e. The fraction of sp³-hybridized carbons (Fsp3) is 0.133. The van der Waals surface area contributed by atoms with Crippen molar-refractivity contribution in [3.63, 3.8) is 0 Å². The van der Waals surface area contributed by atoms with Crippen LogP contribution in [0.1, 0.15) is 6.92 Å². The summed E-state index contributed by atoms with van der Waals surface area (Å²) < 4.78 is 7.18. The number of benzene rings is 2. The van der Waals surface area contributed by atoms with Crippen molar-refractivity contribution in [2.45, 2.75) is 13.5 Å². The van der Waals surface area contributed by atoms with E-state index in [9.17, 15) is 4.79 Å². The quantitative estimate of drug-likeness (QED) is 0.656. The monoisotopic (exact) mass is 239 g/mol. The zero-order chi connectivity index (χ0) is 12.5. The highest BCUT2D eigenvalue weighted by atomic mass is 16.5. The van der Waals surface area contributed by atoms with Gasteiger partial charge in [0.25, 0.3) is 6.47 Å². The van der Waals surface area contributed by atoms with Crippen LogP contribution in [0.2, 0.25) is 0 Å². The van der Waals surface area contributed by atoms with Crippen LogP contribution in [0.3, 0.4) is 0 Å². The number of carbonyl (C=O) groups excluding carboxylic acids is 1. The lowest BCUT2D eigenvalue weighted by atomic mass is 10.1. The number of aromatic nitrogens is 1. The lowest BCUT2D eigenvalue weighted by Crippen LogP contribution is -1.93. The average molecular weight is 239 g/mol. The molecule has 0 amide bonds. The van der Waals surface area contributed by atoms with Gasteiger partial charge in [-0.1, -0.05) is 18.2 Å². The first kappa shape index (κ1) is 10.8. The van der Waals surface area contributed by atoms with Crippen molar-refractivity contribution < 1.29 is 9.53 Å². The molecule has 1 heterocycles. The normalized spacial score (nSPS) is 10.9. The van der Waals surface area contributed by atoms with Crippen molar-refractivity contribution in [3.05, 3.63) is 42.5 Å². The largest absolute Gasteiger partial charge is 0.429 e. The van der Waals surface area contributed by atoms with Gasteiger partial charge in [-0.2, -0.15) is 0 Å². The highest BCUT2D eigenvalue weighted by Gasteiger charge is 2.09. The van der Waals surface area contributed by atoms with E-state index in [0.717, 1.165) is 17.4 Å². The third kappa shape index (κ3) is 1.48. The number of hydrogen-bond acceptors (Lipinski definition) is 2. The van der Waals surface area contributed by atoms with Gasteiger partial charge in [0.15, 0.2) is 0 Å². The molecule has 1 aromatic heterocycles. The number of fused-ring (bicyclic) bond motifs is 3. The van der Waals surface area contributed by atoms with Gasteiger partial charge in [-0.05, 0) is 31.2 Å². The molecule has 0 unspecified atom stereocenters. The van der Waals surface area contributed by atoms with Gasteiger partial charge >= 0.3 is 0 Å². The van der Waals surface area contributed by atoms with Crippen LogP contribution in [-0.4, -0.2) is 11.0 Å². The zero-order valence-corrected chi connectivity index (χ0v) is 10.1. The number of carbonyl (C=O) groups is 1. The molecular formula is C15H13NO2. The Kier molecular flexibility index (Phi) is 2.52. The molecule has 0 atom stereocenters. The zero-order valence-electron chi connectivity index (χ0n) is 10.1. The molecule has 3 nitrogen and oxygen atoms in total. The highest BCUT2D eigenvalue weighted by Crippen LogP contribution is 2.31. The van der Waals surface area contributed by atoms with E-state index in [2.05, 4.69) is 23.6 Å². The lowest BCUT2D eigenvalue weighted by Gasteiger charge is -2.03. The molecule has 3 rings (SSSR count). The Morgan fingerprint density at radius 2 is 1.89 bits per heavy atom. The van der Waals surface area contributed by atoms with Gasteiger partial charge in [-0.25, -0.2) is 0 Å². The van der Waals surface area contributed by atoms with Gasteiger partial charge in [-0.15, -0.1) is 0 Å². The van der Waals surface area contributed by atoms with E-state index < -0.39 is 0 Å². The van der Waals surface area contributed by atoms with Gasteiger partial charge in [0.05, 0.1) is 0 Å². The van der Waals surface area contributed by atoms with E-state index in [1.165, 1.54) is 10.9 Å². The van der Waals surface area contributed by atoms with Gasteiger partial charge in [0.1, 0.15) is 5.75 Å². The first-order valence-electron chi connectivity index (χ1n) is 5.96. The van der Waals surface area contributed by atoms with E-state index >= 15 is 0 Å². The minimum atomic E-state index is 0.459. The molecule has 0 aliphatic rings. The molecule has 0 fully saturated rings. The average Bonchev–Trinajstić information content (AvgIpc) is 2.72. The van der Waals surface area contributed by atoms with Crippen LogP contribution in [0.25, 0.3) is 21.8 Å². The fourth-order valence-corrected chi connectivity index (χ4v) is 2.50. The molecule has 0 aliphatic heterocycles. The topological polar surface area (TPSA) is 31.2 Å². The predicted octanol–water partition coefficient (Wildman–Crippen LogP) is 3.35.